The first-order valence-electron chi connectivity index (χ1n) is 8.66. The van der Waals surface area contributed by atoms with Crippen LogP contribution in [0.25, 0.3) is 0 Å². The van der Waals surface area contributed by atoms with Crippen LogP contribution in [0.4, 0.5) is 8.78 Å². The summed E-state index contributed by atoms with van der Waals surface area (Å²) in [6.07, 6.45) is 0. The molecule has 3 rings (SSSR count). The van der Waals surface area contributed by atoms with Gasteiger partial charge in [0.2, 0.25) is 0 Å². The molecule has 1 N–H and O–H groups in total. The van der Waals surface area contributed by atoms with Crippen molar-refractivity contribution >= 4 is 17.5 Å². The average Bonchev–Trinajstić information content (AvgIpc) is 2.71. The molecule has 0 radical (unpaired) electrons. The summed E-state index contributed by atoms with van der Waals surface area (Å²) in [4.78, 5) is 24.7. The molecule has 1 heterocycles. The zero-order valence-corrected chi connectivity index (χ0v) is 16.2. The van der Waals surface area contributed by atoms with E-state index in [2.05, 4.69) is 5.32 Å². The first-order chi connectivity index (χ1) is 13.9. The summed E-state index contributed by atoms with van der Waals surface area (Å²) in [5.41, 5.74) is 0.516. The first-order valence-corrected chi connectivity index (χ1v) is 9.04. The molecule has 29 heavy (non-hydrogen) atoms. The van der Waals surface area contributed by atoms with Crippen LogP contribution >= 0.6 is 11.6 Å². The number of pyridine rings is 1. The minimum absolute atomic E-state index is 0.0727. The minimum Gasteiger partial charge on any atom is -0.487 e. The van der Waals surface area contributed by atoms with Crippen LogP contribution in [0.15, 0.2) is 59.4 Å². The van der Waals surface area contributed by atoms with Gasteiger partial charge in [-0.3, -0.25) is 14.2 Å². The number of carbonyl (C=O) groups is 1. The minimum atomic E-state index is -0.755. The van der Waals surface area contributed by atoms with Gasteiger partial charge in [-0.05, 0) is 31.2 Å². The summed E-state index contributed by atoms with van der Waals surface area (Å²) in [6.45, 7) is 1.35. The number of aromatic nitrogens is 1. The van der Waals surface area contributed by atoms with Crippen molar-refractivity contribution in [3.05, 3.63) is 98.4 Å². The molecule has 0 atom stereocenters. The smallest absolute Gasteiger partial charge is 0.274 e. The molecule has 5 nitrogen and oxygen atoms in total. The second kappa shape index (κ2) is 8.87. The first kappa shape index (κ1) is 20.5. The number of hydrogen-bond acceptors (Lipinski definition) is 3. The number of benzene rings is 2. The van der Waals surface area contributed by atoms with Gasteiger partial charge in [-0.25, -0.2) is 8.78 Å². The number of rotatable bonds is 6. The van der Waals surface area contributed by atoms with Gasteiger partial charge in [0.15, 0.2) is 0 Å². The maximum absolute atomic E-state index is 13.7. The third-order valence-corrected chi connectivity index (χ3v) is 4.59. The number of ether oxygens (including phenoxy) is 1. The van der Waals surface area contributed by atoms with Crippen LogP contribution in [0.2, 0.25) is 5.02 Å². The molecular weight excluding hydrogens is 402 g/mol. The van der Waals surface area contributed by atoms with E-state index in [0.29, 0.717) is 11.3 Å². The third-order valence-electron chi connectivity index (χ3n) is 4.25. The summed E-state index contributed by atoms with van der Waals surface area (Å²) < 4.78 is 33.5. The Hall–Kier alpha value is -3.19. The van der Waals surface area contributed by atoms with Crippen molar-refractivity contribution in [1.82, 2.24) is 9.88 Å². The lowest BCUT2D eigenvalue weighted by atomic mass is 10.2. The van der Waals surface area contributed by atoms with Crippen LogP contribution in [-0.4, -0.2) is 10.5 Å². The maximum Gasteiger partial charge on any atom is 0.274 e. The number of carbonyl (C=O) groups excluding carboxylic acids is 1. The molecule has 8 heteroatoms. The van der Waals surface area contributed by atoms with E-state index < -0.39 is 17.2 Å². The highest BCUT2D eigenvalue weighted by Crippen LogP contribution is 2.23. The quantitative estimate of drug-likeness (QED) is 0.657. The van der Waals surface area contributed by atoms with Crippen LogP contribution in [0.5, 0.6) is 5.75 Å². The van der Waals surface area contributed by atoms with Crippen molar-refractivity contribution in [2.24, 2.45) is 0 Å². The Morgan fingerprint density at radius 2 is 1.86 bits per heavy atom. The lowest BCUT2D eigenvalue weighted by Gasteiger charge is -2.15. The molecule has 0 spiro atoms. The highest BCUT2D eigenvalue weighted by atomic mass is 35.5. The summed E-state index contributed by atoms with van der Waals surface area (Å²) in [7, 11) is 0. The molecule has 0 saturated heterocycles. The molecule has 1 aromatic heterocycles. The summed E-state index contributed by atoms with van der Waals surface area (Å²) in [5.74, 6) is -1.71. The molecule has 0 unspecified atom stereocenters. The normalized spacial score (nSPS) is 10.6. The summed E-state index contributed by atoms with van der Waals surface area (Å²) >= 11 is 6.11. The second-order valence-electron chi connectivity index (χ2n) is 6.25. The van der Waals surface area contributed by atoms with Gasteiger partial charge in [0, 0.05) is 29.0 Å². The van der Waals surface area contributed by atoms with Crippen molar-refractivity contribution in [3.63, 3.8) is 0 Å². The van der Waals surface area contributed by atoms with Crippen LogP contribution in [0, 0.1) is 18.6 Å². The fourth-order valence-electron chi connectivity index (χ4n) is 2.65. The molecule has 0 aliphatic heterocycles. The van der Waals surface area contributed by atoms with Gasteiger partial charge in [-0.2, -0.15) is 0 Å². The van der Waals surface area contributed by atoms with Gasteiger partial charge in [-0.15, -0.1) is 0 Å². The Balaban J connectivity index is 1.74. The van der Waals surface area contributed by atoms with Gasteiger partial charge in [0.25, 0.3) is 11.5 Å². The van der Waals surface area contributed by atoms with Crippen molar-refractivity contribution in [1.29, 1.82) is 0 Å². The number of halogens is 3. The monoisotopic (exact) mass is 418 g/mol. The standard InChI is InChI=1S/C21H17ClF2N2O3/c1-13-9-18(29-11-15-7-8-16(23)10-17(15)24)19(22)21(28)26(13)12-25-20(27)14-5-3-2-4-6-14/h2-10H,11-12H2,1H3,(H,25,27). The van der Waals surface area contributed by atoms with Gasteiger partial charge < -0.3 is 10.1 Å². The van der Waals surface area contributed by atoms with Crippen molar-refractivity contribution < 1.29 is 18.3 Å². The lowest BCUT2D eigenvalue weighted by Crippen LogP contribution is -2.33. The van der Waals surface area contributed by atoms with Crippen LogP contribution < -0.4 is 15.6 Å². The van der Waals surface area contributed by atoms with Crippen LogP contribution in [-0.2, 0) is 13.3 Å². The van der Waals surface area contributed by atoms with E-state index in [1.54, 1.807) is 37.3 Å². The molecular formula is C21H17ClF2N2O3. The molecule has 2 aromatic carbocycles. The summed E-state index contributed by atoms with van der Waals surface area (Å²) in [5, 5.41) is 2.45. The fourth-order valence-corrected chi connectivity index (χ4v) is 2.86. The predicted octanol–water partition coefficient (Wildman–Crippen LogP) is 4.05. The zero-order chi connectivity index (χ0) is 21.0. The van der Waals surface area contributed by atoms with E-state index >= 15 is 0 Å². The summed E-state index contributed by atoms with van der Waals surface area (Å²) in [6, 6.07) is 13.2. The largest absolute Gasteiger partial charge is 0.487 e. The van der Waals surface area contributed by atoms with E-state index in [0.717, 1.165) is 12.1 Å². The van der Waals surface area contributed by atoms with E-state index in [1.807, 2.05) is 0 Å². The molecule has 0 bridgehead atoms. The van der Waals surface area contributed by atoms with Gasteiger partial charge in [-0.1, -0.05) is 29.8 Å². The Bertz CT molecular complexity index is 1100. The topological polar surface area (TPSA) is 60.3 Å². The van der Waals surface area contributed by atoms with E-state index in [1.165, 1.54) is 16.7 Å². The van der Waals surface area contributed by atoms with Crippen LogP contribution in [0.1, 0.15) is 21.6 Å². The zero-order valence-electron chi connectivity index (χ0n) is 15.4. The molecule has 0 aliphatic carbocycles. The highest BCUT2D eigenvalue weighted by molar-refractivity contribution is 6.31. The molecule has 0 saturated carbocycles. The fraction of sp³-hybridized carbons (Fsp3) is 0.143. The van der Waals surface area contributed by atoms with Crippen molar-refractivity contribution in [2.45, 2.75) is 20.2 Å². The Morgan fingerprint density at radius 1 is 1.14 bits per heavy atom. The van der Waals surface area contributed by atoms with Gasteiger partial charge >= 0.3 is 0 Å². The van der Waals surface area contributed by atoms with E-state index in [-0.39, 0.29) is 35.5 Å². The Morgan fingerprint density at radius 3 is 2.55 bits per heavy atom. The predicted molar refractivity (Wildman–Crippen MR) is 105 cm³/mol. The molecule has 3 aromatic rings. The van der Waals surface area contributed by atoms with Gasteiger partial charge in [0.05, 0.1) is 6.67 Å². The number of nitrogens with zero attached hydrogens (tertiary/aromatic N) is 1. The number of amides is 1. The molecule has 0 aliphatic rings. The Kier molecular flexibility index (Phi) is 6.29. The number of aryl methyl sites for hydroxylation is 1. The second-order valence-corrected chi connectivity index (χ2v) is 6.63. The van der Waals surface area contributed by atoms with E-state index in [9.17, 15) is 18.4 Å². The number of hydrogen-bond donors (Lipinski definition) is 1. The number of nitrogens with one attached hydrogen (secondary N) is 1. The Labute approximate surface area is 170 Å². The molecule has 1 amide bonds. The van der Waals surface area contributed by atoms with E-state index in [4.69, 9.17) is 16.3 Å². The van der Waals surface area contributed by atoms with Crippen LogP contribution in [0.3, 0.4) is 0 Å². The molecule has 0 fully saturated rings. The highest BCUT2D eigenvalue weighted by Gasteiger charge is 2.14. The molecule has 150 valence electrons. The van der Waals surface area contributed by atoms with Gasteiger partial charge in [0.1, 0.15) is 29.0 Å². The lowest BCUT2D eigenvalue weighted by molar-refractivity contribution is 0.0941. The third kappa shape index (κ3) is 4.81. The SMILES string of the molecule is Cc1cc(OCc2ccc(F)cc2F)c(Cl)c(=O)n1CNC(=O)c1ccccc1. The average molecular weight is 419 g/mol. The van der Waals surface area contributed by atoms with Crippen molar-refractivity contribution in [2.75, 3.05) is 0 Å². The van der Waals surface area contributed by atoms with Crippen molar-refractivity contribution in [3.8, 4) is 5.75 Å². The maximum atomic E-state index is 13.7.